The molecule has 1 heterocycles. The van der Waals surface area contributed by atoms with Crippen LogP contribution in [-0.4, -0.2) is 48.9 Å². The lowest BCUT2D eigenvalue weighted by Crippen LogP contribution is -2.47. The summed E-state index contributed by atoms with van der Waals surface area (Å²) in [6, 6.07) is 0.438. The Hall–Kier alpha value is -0.570. The molecule has 1 saturated heterocycles. The summed E-state index contributed by atoms with van der Waals surface area (Å²) < 4.78 is 0. The fourth-order valence-electron chi connectivity index (χ4n) is 2.05. The quantitative estimate of drug-likeness (QED) is 0.683. The van der Waals surface area contributed by atoms with Crippen LogP contribution in [0.1, 0.15) is 32.6 Å². The molecule has 0 spiro atoms. The van der Waals surface area contributed by atoms with E-state index < -0.39 is 0 Å². The van der Waals surface area contributed by atoms with E-state index >= 15 is 0 Å². The second-order valence-electron chi connectivity index (χ2n) is 4.31. The summed E-state index contributed by atoms with van der Waals surface area (Å²) in [7, 11) is 4.08. The molecule has 1 rings (SSSR count). The second kappa shape index (κ2) is 5.35. The van der Waals surface area contributed by atoms with Crippen molar-refractivity contribution in [1.29, 1.82) is 0 Å². The summed E-state index contributed by atoms with van der Waals surface area (Å²) in [6.07, 6.45) is 4.02. The monoisotopic (exact) mass is 198 g/mol. The van der Waals surface area contributed by atoms with Gasteiger partial charge in [0.05, 0.1) is 0 Å². The Kier molecular flexibility index (Phi) is 4.39. The van der Waals surface area contributed by atoms with Crippen LogP contribution in [0.15, 0.2) is 0 Å². The van der Waals surface area contributed by atoms with Gasteiger partial charge in [0.15, 0.2) is 0 Å². The van der Waals surface area contributed by atoms with Gasteiger partial charge < -0.3 is 9.80 Å². The maximum Gasteiger partial charge on any atom is 0.222 e. The summed E-state index contributed by atoms with van der Waals surface area (Å²) in [5, 5.41) is 0. The van der Waals surface area contributed by atoms with Crippen LogP contribution in [0.5, 0.6) is 0 Å². The molecule has 1 aliphatic heterocycles. The highest BCUT2D eigenvalue weighted by atomic mass is 16.2. The average Bonchev–Trinajstić information content (AvgIpc) is 2.17. The van der Waals surface area contributed by atoms with E-state index in [4.69, 9.17) is 0 Å². The molecule has 1 atom stereocenters. The van der Waals surface area contributed by atoms with E-state index in [9.17, 15) is 4.79 Å². The number of rotatable bonds is 3. The predicted octanol–water partition coefficient (Wildman–Crippen LogP) is 1.34. The molecule has 0 aromatic rings. The van der Waals surface area contributed by atoms with Crippen molar-refractivity contribution < 1.29 is 4.79 Å². The zero-order chi connectivity index (χ0) is 10.6. The van der Waals surface area contributed by atoms with Crippen LogP contribution in [0.2, 0.25) is 0 Å². The largest absolute Gasteiger partial charge is 0.341 e. The lowest BCUT2D eigenvalue weighted by atomic mass is 10.0. The average molecular weight is 198 g/mol. The third-order valence-electron chi connectivity index (χ3n) is 3.00. The Morgan fingerprint density at radius 3 is 2.86 bits per heavy atom. The highest BCUT2D eigenvalue weighted by Crippen LogP contribution is 2.14. The van der Waals surface area contributed by atoms with Gasteiger partial charge in [-0.1, -0.05) is 6.92 Å². The van der Waals surface area contributed by atoms with Crippen LogP contribution in [0.4, 0.5) is 0 Å². The topological polar surface area (TPSA) is 23.6 Å². The van der Waals surface area contributed by atoms with E-state index in [1.165, 1.54) is 13.0 Å². The van der Waals surface area contributed by atoms with Gasteiger partial charge in [0, 0.05) is 26.1 Å². The maximum absolute atomic E-state index is 11.7. The van der Waals surface area contributed by atoms with Crippen molar-refractivity contribution in [2.24, 2.45) is 0 Å². The normalized spacial score (nSPS) is 23.5. The summed E-state index contributed by atoms with van der Waals surface area (Å²) in [5.41, 5.74) is 0. The second-order valence-corrected chi connectivity index (χ2v) is 4.31. The number of piperidine rings is 1. The summed E-state index contributed by atoms with van der Waals surface area (Å²) >= 11 is 0. The van der Waals surface area contributed by atoms with Crippen molar-refractivity contribution in [2.45, 2.75) is 38.6 Å². The first-order chi connectivity index (χ1) is 6.65. The van der Waals surface area contributed by atoms with Gasteiger partial charge in [-0.2, -0.15) is 0 Å². The van der Waals surface area contributed by atoms with Gasteiger partial charge in [-0.05, 0) is 32.9 Å². The van der Waals surface area contributed by atoms with Gasteiger partial charge in [0.1, 0.15) is 0 Å². The molecule has 0 aromatic carbocycles. The number of hydrogen-bond acceptors (Lipinski definition) is 2. The first-order valence-corrected chi connectivity index (χ1v) is 5.59. The van der Waals surface area contributed by atoms with Crippen LogP contribution in [0.25, 0.3) is 0 Å². The van der Waals surface area contributed by atoms with Crippen LogP contribution in [0.3, 0.4) is 0 Å². The van der Waals surface area contributed by atoms with Crippen LogP contribution < -0.4 is 0 Å². The van der Waals surface area contributed by atoms with E-state index in [1.54, 1.807) is 0 Å². The van der Waals surface area contributed by atoms with Gasteiger partial charge in [0.25, 0.3) is 0 Å². The van der Waals surface area contributed by atoms with Crippen LogP contribution in [0, 0.1) is 0 Å². The van der Waals surface area contributed by atoms with Crippen molar-refractivity contribution in [3.8, 4) is 0 Å². The van der Waals surface area contributed by atoms with Crippen molar-refractivity contribution in [2.75, 3.05) is 27.2 Å². The number of likely N-dealkylation sites (tertiary alicyclic amines) is 1. The molecule has 82 valence electrons. The molecule has 0 saturated carbocycles. The third kappa shape index (κ3) is 2.98. The molecule has 1 unspecified atom stereocenters. The van der Waals surface area contributed by atoms with Gasteiger partial charge in [-0.15, -0.1) is 0 Å². The van der Waals surface area contributed by atoms with E-state index in [0.717, 1.165) is 19.4 Å². The van der Waals surface area contributed by atoms with E-state index in [1.807, 2.05) is 11.9 Å². The Bertz CT molecular complexity index is 194. The minimum absolute atomic E-state index is 0.299. The summed E-state index contributed by atoms with van der Waals surface area (Å²) in [6.45, 7) is 4.26. The third-order valence-corrected chi connectivity index (χ3v) is 3.00. The first kappa shape index (κ1) is 11.5. The number of likely N-dealkylation sites (N-methyl/N-ethyl adjacent to an activating group) is 2. The van der Waals surface area contributed by atoms with E-state index in [0.29, 0.717) is 18.4 Å². The standard InChI is InChI=1S/C11H22N2O/c1-4-6-11(14)13(3)10-7-5-8-12(2)9-10/h10H,4-9H2,1-3H3. The number of carbonyl (C=O) groups is 1. The highest BCUT2D eigenvalue weighted by molar-refractivity contribution is 5.76. The SMILES string of the molecule is CCCC(=O)N(C)C1CCCN(C)C1. The van der Waals surface area contributed by atoms with Crippen LogP contribution in [-0.2, 0) is 4.79 Å². The molecular weight excluding hydrogens is 176 g/mol. The first-order valence-electron chi connectivity index (χ1n) is 5.59. The lowest BCUT2D eigenvalue weighted by Gasteiger charge is -2.35. The molecule has 1 fully saturated rings. The van der Waals surface area contributed by atoms with Crippen molar-refractivity contribution >= 4 is 5.91 Å². The van der Waals surface area contributed by atoms with E-state index in [-0.39, 0.29) is 0 Å². The summed E-state index contributed by atoms with van der Waals surface area (Å²) in [4.78, 5) is 15.9. The maximum atomic E-state index is 11.7. The van der Waals surface area contributed by atoms with E-state index in [2.05, 4.69) is 18.9 Å². The van der Waals surface area contributed by atoms with Gasteiger partial charge in [-0.25, -0.2) is 0 Å². The molecular formula is C11H22N2O. The number of nitrogens with zero attached hydrogens (tertiary/aromatic N) is 2. The van der Waals surface area contributed by atoms with Gasteiger partial charge in [0.2, 0.25) is 5.91 Å². The Labute approximate surface area is 87.1 Å². The fraction of sp³-hybridized carbons (Fsp3) is 0.909. The Morgan fingerprint density at radius 1 is 1.57 bits per heavy atom. The fourth-order valence-corrected chi connectivity index (χ4v) is 2.05. The van der Waals surface area contributed by atoms with Gasteiger partial charge in [-0.3, -0.25) is 4.79 Å². The number of amides is 1. The lowest BCUT2D eigenvalue weighted by molar-refractivity contribution is -0.132. The molecule has 0 N–H and O–H groups in total. The number of carbonyl (C=O) groups excluding carboxylic acids is 1. The van der Waals surface area contributed by atoms with Crippen LogP contribution >= 0.6 is 0 Å². The zero-order valence-electron chi connectivity index (χ0n) is 9.62. The zero-order valence-corrected chi connectivity index (χ0v) is 9.62. The highest BCUT2D eigenvalue weighted by Gasteiger charge is 2.23. The minimum atomic E-state index is 0.299. The molecule has 0 aliphatic carbocycles. The molecule has 0 aromatic heterocycles. The number of hydrogen-bond donors (Lipinski definition) is 0. The molecule has 3 nitrogen and oxygen atoms in total. The summed E-state index contributed by atoms with van der Waals surface area (Å²) in [5.74, 6) is 0.299. The van der Waals surface area contributed by atoms with Gasteiger partial charge >= 0.3 is 0 Å². The molecule has 1 amide bonds. The molecule has 14 heavy (non-hydrogen) atoms. The molecule has 0 bridgehead atoms. The van der Waals surface area contributed by atoms with Crippen molar-refractivity contribution in [3.63, 3.8) is 0 Å². The molecule has 0 radical (unpaired) electrons. The Morgan fingerprint density at radius 2 is 2.29 bits per heavy atom. The van der Waals surface area contributed by atoms with Crippen molar-refractivity contribution in [1.82, 2.24) is 9.80 Å². The minimum Gasteiger partial charge on any atom is -0.341 e. The molecule has 1 aliphatic rings. The smallest absolute Gasteiger partial charge is 0.222 e. The van der Waals surface area contributed by atoms with Crippen molar-refractivity contribution in [3.05, 3.63) is 0 Å². The Balaban J connectivity index is 2.42. The molecule has 3 heteroatoms. The predicted molar refractivity (Wildman–Crippen MR) is 58.2 cm³/mol.